The number of thiazole rings is 1. The number of rotatable bonds is 5. The van der Waals surface area contributed by atoms with E-state index in [-0.39, 0.29) is 12.3 Å². The first kappa shape index (κ1) is 17.3. The first-order valence-corrected chi connectivity index (χ1v) is 9.30. The van der Waals surface area contributed by atoms with Crippen molar-refractivity contribution < 1.29 is 14.3 Å². The summed E-state index contributed by atoms with van der Waals surface area (Å²) in [5, 5.41) is 7.66. The van der Waals surface area contributed by atoms with Crippen LogP contribution in [0.2, 0.25) is 0 Å². The molecule has 3 aromatic rings. The molecule has 0 fully saturated rings. The van der Waals surface area contributed by atoms with Crippen LogP contribution in [0, 0.1) is 6.92 Å². The average molecular weight is 372 g/mol. The number of thiophene rings is 1. The molecule has 0 saturated heterocycles. The molecule has 7 heteroatoms. The number of anilines is 1. The van der Waals surface area contributed by atoms with Gasteiger partial charge in [0.2, 0.25) is 5.91 Å². The van der Waals surface area contributed by atoms with Crippen LogP contribution in [0.1, 0.15) is 21.6 Å². The minimum absolute atomic E-state index is 0.173. The number of methoxy groups -OCH3 is 1. The van der Waals surface area contributed by atoms with E-state index in [4.69, 9.17) is 4.74 Å². The molecule has 2 heterocycles. The minimum atomic E-state index is -0.423. The summed E-state index contributed by atoms with van der Waals surface area (Å²) in [5.74, 6) is -0.596. The van der Waals surface area contributed by atoms with Crippen LogP contribution in [0.5, 0.6) is 0 Å². The van der Waals surface area contributed by atoms with Crippen LogP contribution in [-0.2, 0) is 16.0 Å². The topological polar surface area (TPSA) is 68.3 Å². The van der Waals surface area contributed by atoms with Crippen molar-refractivity contribution in [3.63, 3.8) is 0 Å². The van der Waals surface area contributed by atoms with E-state index < -0.39 is 5.97 Å². The summed E-state index contributed by atoms with van der Waals surface area (Å²) in [6.07, 6.45) is 0.184. The molecule has 0 unspecified atom stereocenters. The molecule has 0 saturated carbocycles. The molecule has 3 rings (SSSR count). The highest BCUT2D eigenvalue weighted by molar-refractivity contribution is 7.20. The number of benzene rings is 1. The van der Waals surface area contributed by atoms with E-state index in [1.165, 1.54) is 18.4 Å². The van der Waals surface area contributed by atoms with E-state index >= 15 is 0 Å². The Kier molecular flexibility index (Phi) is 5.25. The third-order valence-corrected chi connectivity index (χ3v) is 5.57. The van der Waals surface area contributed by atoms with Crippen LogP contribution in [0.25, 0.3) is 9.88 Å². The van der Waals surface area contributed by atoms with Gasteiger partial charge in [0.25, 0.3) is 0 Å². The summed E-state index contributed by atoms with van der Waals surface area (Å²) in [6, 6.07) is 9.13. The van der Waals surface area contributed by atoms with E-state index in [0.717, 1.165) is 15.6 Å². The number of nitrogens with zero attached hydrogens (tertiary/aromatic N) is 1. The second-order valence-electron chi connectivity index (χ2n) is 5.32. The summed E-state index contributed by atoms with van der Waals surface area (Å²) in [6.45, 7) is 1.78. The maximum absolute atomic E-state index is 12.3. The molecule has 0 aliphatic rings. The Bertz CT molecular complexity index is 901. The lowest BCUT2D eigenvalue weighted by atomic mass is 10.1. The molecule has 5 nitrogen and oxygen atoms in total. The molecular formula is C18H16N2O3S2. The molecular weight excluding hydrogens is 356 g/mol. The summed E-state index contributed by atoms with van der Waals surface area (Å²) in [4.78, 5) is 29.7. The van der Waals surface area contributed by atoms with Crippen LogP contribution in [0.3, 0.4) is 0 Å². The predicted octanol–water partition coefficient (Wildman–Crippen LogP) is 4.15. The number of carbonyl (C=O) groups is 2. The predicted molar refractivity (Wildman–Crippen MR) is 100 cm³/mol. The Morgan fingerprint density at radius 1 is 1.20 bits per heavy atom. The van der Waals surface area contributed by atoms with Crippen molar-refractivity contribution in [2.24, 2.45) is 0 Å². The first-order chi connectivity index (χ1) is 12.1. The van der Waals surface area contributed by atoms with Gasteiger partial charge in [0.05, 0.1) is 29.7 Å². The maximum Gasteiger partial charge on any atom is 0.338 e. The molecule has 1 aromatic carbocycles. The summed E-state index contributed by atoms with van der Waals surface area (Å²) in [5.41, 5.74) is 2.45. The molecule has 0 aliphatic heterocycles. The van der Waals surface area contributed by atoms with Gasteiger partial charge in [0.1, 0.15) is 5.01 Å². The van der Waals surface area contributed by atoms with Gasteiger partial charge in [-0.2, -0.15) is 0 Å². The number of nitrogens with one attached hydrogen (secondary N) is 1. The second kappa shape index (κ2) is 7.58. The quantitative estimate of drug-likeness (QED) is 0.683. The van der Waals surface area contributed by atoms with Gasteiger partial charge in [-0.3, -0.25) is 4.79 Å². The van der Waals surface area contributed by atoms with Crippen molar-refractivity contribution in [1.29, 1.82) is 0 Å². The molecule has 0 radical (unpaired) electrons. The zero-order valence-electron chi connectivity index (χ0n) is 13.7. The number of carbonyl (C=O) groups excluding carboxylic acids is 2. The Morgan fingerprint density at radius 3 is 2.76 bits per heavy atom. The number of hydrogen-bond donors (Lipinski definition) is 1. The van der Waals surface area contributed by atoms with Gasteiger partial charge < -0.3 is 10.1 Å². The maximum atomic E-state index is 12.3. The highest BCUT2D eigenvalue weighted by atomic mass is 32.1. The summed E-state index contributed by atoms with van der Waals surface area (Å²) >= 11 is 3.15. The van der Waals surface area contributed by atoms with Gasteiger partial charge >= 0.3 is 5.97 Å². The highest BCUT2D eigenvalue weighted by Crippen LogP contribution is 2.28. The van der Waals surface area contributed by atoms with E-state index in [0.29, 0.717) is 16.8 Å². The van der Waals surface area contributed by atoms with Crippen molar-refractivity contribution in [1.82, 2.24) is 4.98 Å². The fourth-order valence-electron chi connectivity index (χ4n) is 2.36. The zero-order valence-corrected chi connectivity index (χ0v) is 15.4. The first-order valence-electron chi connectivity index (χ1n) is 7.54. The van der Waals surface area contributed by atoms with Crippen LogP contribution < -0.4 is 5.32 Å². The average Bonchev–Trinajstić information content (AvgIpc) is 3.27. The molecule has 0 aliphatic carbocycles. The highest BCUT2D eigenvalue weighted by Gasteiger charge is 2.14. The fourth-order valence-corrected chi connectivity index (χ4v) is 4.00. The SMILES string of the molecule is COC(=O)c1cccc(NC(=O)Cc2csc(-c3cccs3)n2)c1C. The Balaban J connectivity index is 1.70. The van der Waals surface area contributed by atoms with Crippen molar-refractivity contribution in [2.45, 2.75) is 13.3 Å². The molecule has 0 bridgehead atoms. The molecule has 0 spiro atoms. The number of hydrogen-bond acceptors (Lipinski definition) is 6. The van der Waals surface area contributed by atoms with Gasteiger partial charge in [-0.1, -0.05) is 12.1 Å². The monoisotopic (exact) mass is 372 g/mol. The third-order valence-electron chi connectivity index (χ3n) is 3.64. The normalized spacial score (nSPS) is 10.5. The van der Waals surface area contributed by atoms with Gasteiger partial charge in [0.15, 0.2) is 0 Å². The van der Waals surface area contributed by atoms with Crippen molar-refractivity contribution in [3.8, 4) is 9.88 Å². The molecule has 25 heavy (non-hydrogen) atoms. The summed E-state index contributed by atoms with van der Waals surface area (Å²) in [7, 11) is 1.33. The second-order valence-corrected chi connectivity index (χ2v) is 7.12. The lowest BCUT2D eigenvalue weighted by molar-refractivity contribution is -0.115. The minimum Gasteiger partial charge on any atom is -0.465 e. The molecule has 1 amide bonds. The molecule has 0 atom stereocenters. The van der Waals surface area contributed by atoms with Gasteiger partial charge in [-0.05, 0) is 36.1 Å². The zero-order chi connectivity index (χ0) is 17.8. The van der Waals surface area contributed by atoms with E-state index in [1.807, 2.05) is 22.9 Å². The van der Waals surface area contributed by atoms with Crippen LogP contribution in [-0.4, -0.2) is 24.0 Å². The molecule has 1 N–H and O–H groups in total. The lowest BCUT2D eigenvalue weighted by Gasteiger charge is -2.11. The van der Waals surface area contributed by atoms with Crippen molar-refractivity contribution in [3.05, 3.63) is 57.9 Å². The van der Waals surface area contributed by atoms with E-state index in [1.54, 1.807) is 36.5 Å². The third kappa shape index (κ3) is 3.94. The Hall–Kier alpha value is -2.51. The van der Waals surface area contributed by atoms with Gasteiger partial charge in [-0.15, -0.1) is 22.7 Å². The Labute approximate surface area is 153 Å². The van der Waals surface area contributed by atoms with E-state index in [2.05, 4.69) is 10.3 Å². The number of aromatic nitrogens is 1. The van der Waals surface area contributed by atoms with Crippen LogP contribution in [0.4, 0.5) is 5.69 Å². The number of esters is 1. The summed E-state index contributed by atoms with van der Waals surface area (Å²) < 4.78 is 4.75. The van der Waals surface area contributed by atoms with Crippen molar-refractivity contribution >= 4 is 40.2 Å². The number of amides is 1. The van der Waals surface area contributed by atoms with Crippen LogP contribution in [0.15, 0.2) is 41.1 Å². The van der Waals surface area contributed by atoms with Crippen LogP contribution >= 0.6 is 22.7 Å². The molecule has 128 valence electrons. The Morgan fingerprint density at radius 2 is 2.04 bits per heavy atom. The van der Waals surface area contributed by atoms with Gasteiger partial charge in [0, 0.05) is 11.1 Å². The largest absolute Gasteiger partial charge is 0.465 e. The molecule has 2 aromatic heterocycles. The van der Waals surface area contributed by atoms with E-state index in [9.17, 15) is 9.59 Å². The lowest BCUT2D eigenvalue weighted by Crippen LogP contribution is -2.16. The van der Waals surface area contributed by atoms with Crippen molar-refractivity contribution in [2.75, 3.05) is 12.4 Å². The smallest absolute Gasteiger partial charge is 0.338 e. The number of ether oxygens (including phenoxy) is 1. The standard InChI is InChI=1S/C18H16N2O3S2/c1-11-13(18(22)23-2)5-3-6-14(11)20-16(21)9-12-10-25-17(19-12)15-7-4-8-24-15/h3-8,10H,9H2,1-2H3,(H,20,21). The van der Waals surface area contributed by atoms with Gasteiger partial charge in [-0.25, -0.2) is 9.78 Å². The fraction of sp³-hybridized carbons (Fsp3) is 0.167.